The van der Waals surface area contributed by atoms with Crippen LogP contribution in [0.1, 0.15) is 25.3 Å². The topological polar surface area (TPSA) is 65.3 Å². The second-order valence-electron chi connectivity index (χ2n) is 5.17. The maximum Gasteiger partial charge on any atom is 0.144 e. The molecule has 1 atom stereocenters. The summed E-state index contributed by atoms with van der Waals surface area (Å²) in [5.41, 5.74) is -1.18. The van der Waals surface area contributed by atoms with Crippen molar-refractivity contribution in [2.75, 3.05) is 13.2 Å². The maximum atomic E-state index is 13.4. The molecular formula is C14H17FN2O2. The molecule has 0 bridgehead atoms. The van der Waals surface area contributed by atoms with Crippen molar-refractivity contribution in [3.8, 4) is 11.8 Å². The molecule has 2 N–H and O–H groups in total. The number of benzene rings is 1. The molecule has 0 amide bonds. The molecule has 0 aliphatic heterocycles. The molecule has 0 spiro atoms. The molecule has 102 valence electrons. The van der Waals surface area contributed by atoms with Crippen molar-refractivity contribution in [3.05, 3.63) is 29.6 Å². The first kappa shape index (κ1) is 13.8. The SMILES string of the molecule is CC(O)(CNC1CC1)COc1cccc(F)c1C#N. The Morgan fingerprint density at radius 2 is 2.32 bits per heavy atom. The lowest BCUT2D eigenvalue weighted by molar-refractivity contribution is 0.0118. The van der Waals surface area contributed by atoms with Gasteiger partial charge in [-0.2, -0.15) is 5.26 Å². The van der Waals surface area contributed by atoms with E-state index in [1.165, 1.54) is 18.2 Å². The van der Waals surface area contributed by atoms with Crippen LogP contribution in [-0.2, 0) is 0 Å². The molecule has 2 rings (SSSR count). The molecule has 1 aliphatic rings. The Balaban J connectivity index is 1.93. The number of nitrogens with one attached hydrogen (secondary N) is 1. The highest BCUT2D eigenvalue weighted by Gasteiger charge is 2.27. The Labute approximate surface area is 111 Å². The molecular weight excluding hydrogens is 247 g/mol. The first-order valence-electron chi connectivity index (χ1n) is 6.29. The smallest absolute Gasteiger partial charge is 0.144 e. The minimum absolute atomic E-state index is 0.00481. The number of nitriles is 1. The molecule has 0 saturated heterocycles. The normalized spacial score (nSPS) is 17.6. The Morgan fingerprint density at radius 1 is 1.58 bits per heavy atom. The molecule has 1 saturated carbocycles. The second-order valence-corrected chi connectivity index (χ2v) is 5.17. The van der Waals surface area contributed by atoms with Gasteiger partial charge in [-0.25, -0.2) is 4.39 Å². The zero-order valence-corrected chi connectivity index (χ0v) is 10.8. The van der Waals surface area contributed by atoms with Crippen LogP contribution in [0.15, 0.2) is 18.2 Å². The average Bonchev–Trinajstić information content (AvgIpc) is 3.18. The summed E-state index contributed by atoms with van der Waals surface area (Å²) in [5, 5.41) is 22.2. The van der Waals surface area contributed by atoms with Gasteiger partial charge in [0, 0.05) is 12.6 Å². The lowest BCUT2D eigenvalue weighted by Gasteiger charge is -2.24. The summed E-state index contributed by atoms with van der Waals surface area (Å²) >= 11 is 0. The Kier molecular flexibility index (Phi) is 4.03. The highest BCUT2D eigenvalue weighted by molar-refractivity contribution is 5.43. The van der Waals surface area contributed by atoms with Gasteiger partial charge in [-0.15, -0.1) is 0 Å². The van der Waals surface area contributed by atoms with Gasteiger partial charge in [0.05, 0.1) is 0 Å². The van der Waals surface area contributed by atoms with Crippen molar-refractivity contribution in [1.82, 2.24) is 5.32 Å². The lowest BCUT2D eigenvalue weighted by atomic mass is 10.1. The third-order valence-corrected chi connectivity index (χ3v) is 2.97. The van der Waals surface area contributed by atoms with Crippen LogP contribution in [0.2, 0.25) is 0 Å². The van der Waals surface area contributed by atoms with Crippen molar-refractivity contribution in [2.24, 2.45) is 0 Å². The third kappa shape index (κ3) is 3.91. The van der Waals surface area contributed by atoms with Gasteiger partial charge in [-0.1, -0.05) is 6.07 Å². The van der Waals surface area contributed by atoms with Gasteiger partial charge in [0.2, 0.25) is 0 Å². The molecule has 19 heavy (non-hydrogen) atoms. The van der Waals surface area contributed by atoms with E-state index in [0.29, 0.717) is 12.6 Å². The van der Waals surface area contributed by atoms with Gasteiger partial charge in [-0.05, 0) is 31.9 Å². The van der Waals surface area contributed by atoms with Crippen LogP contribution >= 0.6 is 0 Å². The summed E-state index contributed by atoms with van der Waals surface area (Å²) in [4.78, 5) is 0. The number of ether oxygens (including phenoxy) is 1. The number of hydrogen-bond acceptors (Lipinski definition) is 4. The van der Waals surface area contributed by atoms with E-state index >= 15 is 0 Å². The predicted molar refractivity (Wildman–Crippen MR) is 68.3 cm³/mol. The van der Waals surface area contributed by atoms with Crippen LogP contribution in [0.5, 0.6) is 5.75 Å². The number of halogens is 1. The van der Waals surface area contributed by atoms with E-state index in [2.05, 4.69) is 5.32 Å². The quantitative estimate of drug-likeness (QED) is 0.818. The largest absolute Gasteiger partial charge is 0.489 e. The molecule has 1 fully saturated rings. The molecule has 0 aromatic heterocycles. The highest BCUT2D eigenvalue weighted by atomic mass is 19.1. The first-order chi connectivity index (χ1) is 9.02. The molecule has 1 unspecified atom stereocenters. The van der Waals surface area contributed by atoms with E-state index in [0.717, 1.165) is 12.8 Å². The van der Waals surface area contributed by atoms with Gasteiger partial charge in [-0.3, -0.25) is 0 Å². The fourth-order valence-electron chi connectivity index (χ4n) is 1.67. The monoisotopic (exact) mass is 264 g/mol. The Bertz CT molecular complexity index is 493. The second kappa shape index (κ2) is 5.55. The van der Waals surface area contributed by atoms with Crippen LogP contribution in [0.3, 0.4) is 0 Å². The third-order valence-electron chi connectivity index (χ3n) is 2.97. The Hall–Kier alpha value is -1.64. The molecule has 1 aromatic carbocycles. The van der Waals surface area contributed by atoms with Gasteiger partial charge in [0.25, 0.3) is 0 Å². The van der Waals surface area contributed by atoms with Crippen LogP contribution < -0.4 is 10.1 Å². The van der Waals surface area contributed by atoms with E-state index in [1.807, 2.05) is 0 Å². The molecule has 0 heterocycles. The number of hydrogen-bond donors (Lipinski definition) is 2. The minimum atomic E-state index is -1.05. The van der Waals surface area contributed by atoms with Gasteiger partial charge in [0.1, 0.15) is 35.4 Å². The van der Waals surface area contributed by atoms with E-state index < -0.39 is 11.4 Å². The Morgan fingerprint density at radius 3 is 2.95 bits per heavy atom. The molecule has 0 radical (unpaired) electrons. The first-order valence-corrected chi connectivity index (χ1v) is 6.29. The molecule has 5 heteroatoms. The lowest BCUT2D eigenvalue weighted by Crippen LogP contribution is -2.43. The summed E-state index contributed by atoms with van der Waals surface area (Å²) in [6, 6.07) is 6.46. The molecule has 1 aliphatic carbocycles. The molecule has 4 nitrogen and oxygen atoms in total. The zero-order chi connectivity index (χ0) is 13.9. The van der Waals surface area contributed by atoms with Gasteiger partial charge >= 0.3 is 0 Å². The van der Waals surface area contributed by atoms with Crippen molar-refractivity contribution >= 4 is 0 Å². The highest BCUT2D eigenvalue weighted by Crippen LogP contribution is 2.22. The molecule has 1 aromatic rings. The van der Waals surface area contributed by atoms with Crippen molar-refractivity contribution in [3.63, 3.8) is 0 Å². The number of nitrogens with zero attached hydrogens (tertiary/aromatic N) is 1. The number of rotatable bonds is 6. The van der Waals surface area contributed by atoms with Crippen LogP contribution in [0.4, 0.5) is 4.39 Å². The van der Waals surface area contributed by atoms with Crippen LogP contribution in [0.25, 0.3) is 0 Å². The summed E-state index contributed by atoms with van der Waals surface area (Å²) in [5.74, 6) is -0.454. The summed E-state index contributed by atoms with van der Waals surface area (Å²) in [7, 11) is 0. The van der Waals surface area contributed by atoms with Crippen molar-refractivity contribution in [1.29, 1.82) is 5.26 Å². The van der Waals surface area contributed by atoms with Crippen LogP contribution in [0, 0.1) is 17.1 Å². The standard InChI is InChI=1S/C14H17FN2O2/c1-14(18,8-17-10-5-6-10)9-19-13-4-2-3-12(15)11(13)7-16/h2-4,10,17-18H,5-6,8-9H2,1H3. The summed E-state index contributed by atoms with van der Waals surface area (Å²) in [6.07, 6.45) is 2.28. The van der Waals surface area contributed by atoms with Gasteiger partial charge < -0.3 is 15.2 Å². The summed E-state index contributed by atoms with van der Waals surface area (Å²) < 4.78 is 18.7. The fraction of sp³-hybridized carbons (Fsp3) is 0.500. The van der Waals surface area contributed by atoms with E-state index in [1.54, 1.807) is 13.0 Å². The minimum Gasteiger partial charge on any atom is -0.489 e. The van der Waals surface area contributed by atoms with Crippen LogP contribution in [-0.4, -0.2) is 29.9 Å². The van der Waals surface area contributed by atoms with Gasteiger partial charge in [0.15, 0.2) is 0 Å². The zero-order valence-electron chi connectivity index (χ0n) is 10.8. The van der Waals surface area contributed by atoms with E-state index in [9.17, 15) is 9.50 Å². The summed E-state index contributed by atoms with van der Waals surface area (Å²) in [6.45, 7) is 2.06. The maximum absolute atomic E-state index is 13.4. The fourth-order valence-corrected chi connectivity index (χ4v) is 1.67. The van der Waals surface area contributed by atoms with Crippen molar-refractivity contribution < 1.29 is 14.2 Å². The van der Waals surface area contributed by atoms with E-state index in [-0.39, 0.29) is 17.9 Å². The van der Waals surface area contributed by atoms with E-state index in [4.69, 9.17) is 10.00 Å². The average molecular weight is 264 g/mol. The van der Waals surface area contributed by atoms with Crippen molar-refractivity contribution in [2.45, 2.75) is 31.4 Å². The number of aliphatic hydroxyl groups is 1. The predicted octanol–water partition coefficient (Wildman–Crippen LogP) is 1.58.